The first kappa shape index (κ1) is 12.0. The summed E-state index contributed by atoms with van der Waals surface area (Å²) < 4.78 is 0. The summed E-state index contributed by atoms with van der Waals surface area (Å²) in [5.74, 6) is 0.701. The molecular weight excluding hydrogens is 216 g/mol. The van der Waals surface area contributed by atoms with E-state index in [1.807, 2.05) is 0 Å². The minimum atomic E-state index is 0.397. The van der Waals surface area contributed by atoms with E-state index >= 15 is 0 Å². The van der Waals surface area contributed by atoms with E-state index in [2.05, 4.69) is 31.2 Å². The van der Waals surface area contributed by atoms with Crippen LogP contribution in [0.5, 0.6) is 0 Å². The number of rotatable bonds is 3. The maximum atomic E-state index is 6.24. The van der Waals surface area contributed by atoms with Crippen LogP contribution < -0.4 is 0 Å². The fraction of sp³-hybridized carbons (Fsp3) is 0.600. The van der Waals surface area contributed by atoms with Crippen molar-refractivity contribution in [3.05, 3.63) is 35.4 Å². The first-order valence-corrected chi connectivity index (χ1v) is 6.96. The lowest BCUT2D eigenvalue weighted by Gasteiger charge is -2.25. The summed E-state index contributed by atoms with van der Waals surface area (Å²) in [6.07, 6.45) is 7.39. The zero-order valence-electron chi connectivity index (χ0n) is 10.1. The molecule has 2 unspecified atom stereocenters. The van der Waals surface area contributed by atoms with Crippen LogP contribution in [0.15, 0.2) is 24.3 Å². The molecule has 2 rings (SSSR count). The Morgan fingerprint density at radius 3 is 2.56 bits per heavy atom. The minimum Gasteiger partial charge on any atom is -0.123 e. The highest BCUT2D eigenvalue weighted by molar-refractivity contribution is 6.20. The van der Waals surface area contributed by atoms with Gasteiger partial charge in [-0.2, -0.15) is 0 Å². The number of hydrogen-bond donors (Lipinski definition) is 0. The molecule has 1 aromatic rings. The lowest BCUT2D eigenvalue weighted by Crippen LogP contribution is -2.13. The average Bonchev–Trinajstić information content (AvgIpc) is 2.30. The van der Waals surface area contributed by atoms with Gasteiger partial charge in [0.25, 0.3) is 0 Å². The molecule has 2 atom stereocenters. The highest BCUT2D eigenvalue weighted by atomic mass is 35.5. The number of halogens is 1. The van der Waals surface area contributed by atoms with Gasteiger partial charge in [-0.25, -0.2) is 0 Å². The van der Waals surface area contributed by atoms with Crippen molar-refractivity contribution < 1.29 is 0 Å². The molecule has 0 aliphatic heterocycles. The minimum absolute atomic E-state index is 0.397. The van der Waals surface area contributed by atoms with Crippen LogP contribution in [-0.4, -0.2) is 5.38 Å². The van der Waals surface area contributed by atoms with Gasteiger partial charge >= 0.3 is 0 Å². The van der Waals surface area contributed by atoms with Crippen molar-refractivity contribution in [1.29, 1.82) is 0 Å². The van der Waals surface area contributed by atoms with Gasteiger partial charge in [-0.1, -0.05) is 44.0 Å². The van der Waals surface area contributed by atoms with E-state index in [-0.39, 0.29) is 0 Å². The molecule has 0 radical (unpaired) electrons. The standard InChI is InChI=1S/C15H21Cl/c1-2-4-12-7-9-13(10-8-12)14-5-3-6-15(16)11-14/h7-10,14-15H,2-6,11H2,1H3. The van der Waals surface area contributed by atoms with Gasteiger partial charge in [-0.3, -0.25) is 0 Å². The molecule has 1 aliphatic carbocycles. The van der Waals surface area contributed by atoms with Crippen LogP contribution in [-0.2, 0) is 6.42 Å². The maximum absolute atomic E-state index is 6.24. The number of aryl methyl sites for hydroxylation is 1. The third-order valence-electron chi connectivity index (χ3n) is 3.60. The summed E-state index contributed by atoms with van der Waals surface area (Å²) >= 11 is 6.24. The van der Waals surface area contributed by atoms with Crippen molar-refractivity contribution in [2.75, 3.05) is 0 Å². The lowest BCUT2D eigenvalue weighted by molar-refractivity contribution is 0.449. The summed E-state index contributed by atoms with van der Waals surface area (Å²) in [5, 5.41) is 0.397. The summed E-state index contributed by atoms with van der Waals surface area (Å²) in [7, 11) is 0. The largest absolute Gasteiger partial charge is 0.123 e. The topological polar surface area (TPSA) is 0 Å². The molecule has 1 aromatic carbocycles. The second-order valence-electron chi connectivity index (χ2n) is 4.95. The smallest absolute Gasteiger partial charge is 0.0341 e. The van der Waals surface area contributed by atoms with Crippen molar-refractivity contribution in [3.8, 4) is 0 Å². The van der Waals surface area contributed by atoms with E-state index in [4.69, 9.17) is 11.6 Å². The van der Waals surface area contributed by atoms with Gasteiger partial charge < -0.3 is 0 Å². The van der Waals surface area contributed by atoms with Crippen LogP contribution in [0.25, 0.3) is 0 Å². The predicted octanol–water partition coefficient (Wildman–Crippen LogP) is 4.90. The molecule has 1 heteroatoms. The molecule has 1 saturated carbocycles. The van der Waals surface area contributed by atoms with Gasteiger partial charge in [0.1, 0.15) is 0 Å². The first-order chi connectivity index (χ1) is 7.79. The Morgan fingerprint density at radius 2 is 1.94 bits per heavy atom. The number of benzene rings is 1. The third kappa shape index (κ3) is 3.01. The molecule has 0 saturated heterocycles. The van der Waals surface area contributed by atoms with E-state index in [1.165, 1.54) is 43.2 Å². The normalized spacial score (nSPS) is 25.6. The highest BCUT2D eigenvalue weighted by Gasteiger charge is 2.21. The SMILES string of the molecule is CCCc1ccc(C2CCCC(Cl)C2)cc1. The Hall–Kier alpha value is -0.490. The molecule has 0 aromatic heterocycles. The number of alkyl halides is 1. The van der Waals surface area contributed by atoms with Crippen LogP contribution in [0, 0.1) is 0 Å². The van der Waals surface area contributed by atoms with Gasteiger partial charge in [-0.15, -0.1) is 11.6 Å². The quantitative estimate of drug-likeness (QED) is 0.655. The van der Waals surface area contributed by atoms with Gasteiger partial charge in [0, 0.05) is 5.38 Å². The molecule has 88 valence electrons. The zero-order valence-corrected chi connectivity index (χ0v) is 10.8. The van der Waals surface area contributed by atoms with E-state index in [0.717, 1.165) is 6.42 Å². The molecule has 0 nitrogen and oxygen atoms in total. The van der Waals surface area contributed by atoms with Crippen LogP contribution >= 0.6 is 11.6 Å². The van der Waals surface area contributed by atoms with Crippen LogP contribution in [0.4, 0.5) is 0 Å². The van der Waals surface area contributed by atoms with Crippen molar-refractivity contribution in [2.45, 2.75) is 56.7 Å². The Morgan fingerprint density at radius 1 is 1.19 bits per heavy atom. The van der Waals surface area contributed by atoms with Gasteiger partial charge in [0.05, 0.1) is 0 Å². The van der Waals surface area contributed by atoms with Gasteiger partial charge in [0.2, 0.25) is 0 Å². The summed E-state index contributed by atoms with van der Waals surface area (Å²) in [6.45, 7) is 2.23. The van der Waals surface area contributed by atoms with Crippen molar-refractivity contribution in [3.63, 3.8) is 0 Å². The fourth-order valence-electron chi connectivity index (χ4n) is 2.68. The first-order valence-electron chi connectivity index (χ1n) is 6.52. The molecule has 1 aliphatic rings. The highest BCUT2D eigenvalue weighted by Crippen LogP contribution is 2.35. The molecule has 1 fully saturated rings. The Balaban J connectivity index is 2.03. The van der Waals surface area contributed by atoms with E-state index in [9.17, 15) is 0 Å². The number of hydrogen-bond acceptors (Lipinski definition) is 0. The Labute approximate surface area is 104 Å². The molecule has 0 bridgehead atoms. The van der Waals surface area contributed by atoms with Gasteiger partial charge in [0.15, 0.2) is 0 Å². The van der Waals surface area contributed by atoms with Crippen LogP contribution in [0.3, 0.4) is 0 Å². The molecule has 0 N–H and O–H groups in total. The third-order valence-corrected chi connectivity index (χ3v) is 4.00. The predicted molar refractivity (Wildman–Crippen MR) is 71.3 cm³/mol. The molecule has 0 spiro atoms. The Kier molecular flexibility index (Phi) is 4.29. The van der Waals surface area contributed by atoms with Crippen molar-refractivity contribution in [1.82, 2.24) is 0 Å². The fourth-order valence-corrected chi connectivity index (χ4v) is 3.05. The second-order valence-corrected chi connectivity index (χ2v) is 5.57. The van der Waals surface area contributed by atoms with E-state index in [1.54, 1.807) is 0 Å². The van der Waals surface area contributed by atoms with E-state index in [0.29, 0.717) is 11.3 Å². The summed E-state index contributed by atoms with van der Waals surface area (Å²) in [5.41, 5.74) is 2.95. The monoisotopic (exact) mass is 236 g/mol. The summed E-state index contributed by atoms with van der Waals surface area (Å²) in [4.78, 5) is 0. The maximum Gasteiger partial charge on any atom is 0.0341 e. The van der Waals surface area contributed by atoms with E-state index < -0.39 is 0 Å². The summed E-state index contributed by atoms with van der Waals surface area (Å²) in [6, 6.07) is 9.20. The molecular formula is C15H21Cl. The second kappa shape index (κ2) is 5.72. The molecule has 0 amide bonds. The lowest BCUT2D eigenvalue weighted by atomic mass is 9.83. The van der Waals surface area contributed by atoms with Crippen molar-refractivity contribution >= 4 is 11.6 Å². The van der Waals surface area contributed by atoms with Crippen LogP contribution in [0.1, 0.15) is 56.1 Å². The zero-order chi connectivity index (χ0) is 11.4. The van der Waals surface area contributed by atoms with Gasteiger partial charge in [-0.05, 0) is 42.7 Å². The molecule has 0 heterocycles. The van der Waals surface area contributed by atoms with Crippen LogP contribution in [0.2, 0.25) is 0 Å². The Bertz CT molecular complexity index is 315. The van der Waals surface area contributed by atoms with Crippen molar-refractivity contribution in [2.24, 2.45) is 0 Å². The molecule has 16 heavy (non-hydrogen) atoms. The average molecular weight is 237 g/mol.